The summed E-state index contributed by atoms with van der Waals surface area (Å²) in [5.41, 5.74) is -0.233. The quantitative estimate of drug-likeness (QED) is 0.789. The molecule has 0 amide bonds. The van der Waals surface area contributed by atoms with Crippen LogP contribution in [0.2, 0.25) is 0 Å². The maximum Gasteiger partial charge on any atom is 0.337 e. The van der Waals surface area contributed by atoms with Crippen LogP contribution in [0.15, 0.2) is 29.5 Å². The first-order valence-electron chi connectivity index (χ1n) is 4.84. The zero-order chi connectivity index (χ0) is 12.4. The van der Waals surface area contributed by atoms with Crippen molar-refractivity contribution in [1.29, 1.82) is 0 Å². The van der Waals surface area contributed by atoms with Crippen LogP contribution in [-0.2, 0) is 13.6 Å². The molecule has 2 heterocycles. The molecule has 7 nitrogen and oxygen atoms in total. The van der Waals surface area contributed by atoms with Crippen LogP contribution in [-0.4, -0.2) is 30.4 Å². The summed E-state index contributed by atoms with van der Waals surface area (Å²) in [4.78, 5) is 26.3. The summed E-state index contributed by atoms with van der Waals surface area (Å²) in [6.45, 7) is 0.154. The fraction of sp³-hybridized carbons (Fsp3) is 0.200. The third kappa shape index (κ3) is 2.39. The Labute approximate surface area is 96.0 Å². The summed E-state index contributed by atoms with van der Waals surface area (Å²) >= 11 is 0. The van der Waals surface area contributed by atoms with Crippen LogP contribution >= 0.6 is 0 Å². The molecule has 0 radical (unpaired) electrons. The first kappa shape index (κ1) is 11.1. The fourth-order valence-electron chi connectivity index (χ4n) is 1.39. The Morgan fingerprint density at radius 3 is 2.82 bits per heavy atom. The molecule has 0 aliphatic carbocycles. The molecule has 2 aromatic rings. The molecule has 0 unspecified atom stereocenters. The summed E-state index contributed by atoms with van der Waals surface area (Å²) in [5, 5.41) is 12.8. The first-order chi connectivity index (χ1) is 8.06. The average molecular weight is 234 g/mol. The van der Waals surface area contributed by atoms with E-state index in [1.54, 1.807) is 7.05 Å². The zero-order valence-electron chi connectivity index (χ0n) is 9.07. The van der Waals surface area contributed by atoms with E-state index in [1.807, 2.05) is 0 Å². The fourth-order valence-corrected chi connectivity index (χ4v) is 1.39. The number of pyridine rings is 1. The van der Waals surface area contributed by atoms with Gasteiger partial charge in [0, 0.05) is 19.3 Å². The third-order valence-corrected chi connectivity index (χ3v) is 2.19. The number of carboxylic acid groups (broad SMARTS) is 1. The number of rotatable bonds is 3. The van der Waals surface area contributed by atoms with Crippen molar-refractivity contribution in [2.45, 2.75) is 6.54 Å². The van der Waals surface area contributed by atoms with Gasteiger partial charge in [-0.2, -0.15) is 5.10 Å². The molecule has 1 N–H and O–H groups in total. The van der Waals surface area contributed by atoms with E-state index in [4.69, 9.17) is 5.11 Å². The number of hydrogen-bond acceptors (Lipinski definition) is 4. The predicted octanol–water partition coefficient (Wildman–Crippen LogP) is -0.277. The lowest BCUT2D eigenvalue weighted by Gasteiger charge is -2.03. The Morgan fingerprint density at radius 2 is 2.24 bits per heavy atom. The lowest BCUT2D eigenvalue weighted by atomic mass is 10.3. The van der Waals surface area contributed by atoms with Crippen molar-refractivity contribution in [3.63, 3.8) is 0 Å². The number of carbonyl (C=O) groups is 1. The number of aromatic nitrogens is 4. The second-order valence-electron chi connectivity index (χ2n) is 3.52. The van der Waals surface area contributed by atoms with Gasteiger partial charge in [0.2, 0.25) is 0 Å². The van der Waals surface area contributed by atoms with E-state index in [9.17, 15) is 9.59 Å². The van der Waals surface area contributed by atoms with Crippen LogP contribution in [0.3, 0.4) is 0 Å². The maximum absolute atomic E-state index is 11.5. The molecule has 0 aliphatic rings. The van der Waals surface area contributed by atoms with E-state index in [-0.39, 0.29) is 17.7 Å². The monoisotopic (exact) mass is 234 g/mol. The number of aryl methyl sites for hydroxylation is 1. The molecule has 7 heteroatoms. The van der Waals surface area contributed by atoms with Gasteiger partial charge in [0.25, 0.3) is 5.56 Å². The Hall–Kier alpha value is -2.44. The molecule has 2 aromatic heterocycles. The van der Waals surface area contributed by atoms with Gasteiger partial charge in [-0.3, -0.25) is 9.48 Å². The average Bonchev–Trinajstić information content (AvgIpc) is 2.67. The second kappa shape index (κ2) is 4.20. The van der Waals surface area contributed by atoms with Gasteiger partial charge < -0.3 is 9.67 Å². The highest BCUT2D eigenvalue weighted by molar-refractivity contribution is 5.87. The van der Waals surface area contributed by atoms with Crippen molar-refractivity contribution in [1.82, 2.24) is 19.3 Å². The Kier molecular flexibility index (Phi) is 2.73. The molecule has 0 aromatic carbocycles. The van der Waals surface area contributed by atoms with Gasteiger partial charge in [-0.15, -0.1) is 0 Å². The molecule has 0 saturated heterocycles. The number of hydrogen-bond donors (Lipinski definition) is 1. The molecule has 0 saturated carbocycles. The minimum absolute atomic E-state index is 0.0560. The van der Waals surface area contributed by atoms with E-state index in [1.165, 1.54) is 33.9 Å². The molecule has 0 atom stereocenters. The summed E-state index contributed by atoms with van der Waals surface area (Å²) in [5.74, 6) is -0.620. The largest absolute Gasteiger partial charge is 0.478 e. The van der Waals surface area contributed by atoms with E-state index in [0.717, 1.165) is 0 Å². The number of carboxylic acids is 1. The summed E-state index contributed by atoms with van der Waals surface area (Å²) in [6.07, 6.45) is 2.79. The summed E-state index contributed by atoms with van der Waals surface area (Å²) < 4.78 is 2.78. The van der Waals surface area contributed by atoms with Crippen molar-refractivity contribution < 1.29 is 9.90 Å². The minimum atomic E-state index is -1.08. The molecule has 0 spiro atoms. The normalized spacial score (nSPS) is 10.4. The molecule has 88 valence electrons. The van der Waals surface area contributed by atoms with E-state index in [0.29, 0.717) is 5.82 Å². The van der Waals surface area contributed by atoms with Gasteiger partial charge >= 0.3 is 5.97 Å². The topological polar surface area (TPSA) is 90.0 Å². The van der Waals surface area contributed by atoms with E-state index in [2.05, 4.69) is 10.1 Å². The second-order valence-corrected chi connectivity index (χ2v) is 3.52. The molecule has 17 heavy (non-hydrogen) atoms. The van der Waals surface area contributed by atoms with Crippen LogP contribution in [0.25, 0.3) is 0 Å². The molecule has 0 aliphatic heterocycles. The van der Waals surface area contributed by atoms with Crippen LogP contribution in [0, 0.1) is 0 Å². The van der Waals surface area contributed by atoms with Gasteiger partial charge in [-0.05, 0) is 6.07 Å². The lowest BCUT2D eigenvalue weighted by molar-refractivity contribution is 0.0696. The standard InChI is InChI=1S/C10H10N4O3/c1-13-6-11-8(12-13)5-14-4-7(10(16)17)2-3-9(14)15/h2-4,6H,5H2,1H3,(H,16,17). The first-order valence-corrected chi connectivity index (χ1v) is 4.84. The molecule has 0 bridgehead atoms. The predicted molar refractivity (Wildman–Crippen MR) is 57.8 cm³/mol. The Morgan fingerprint density at radius 1 is 1.47 bits per heavy atom. The van der Waals surface area contributed by atoms with Gasteiger partial charge in [0.1, 0.15) is 6.33 Å². The highest BCUT2D eigenvalue weighted by Crippen LogP contribution is 1.98. The van der Waals surface area contributed by atoms with Gasteiger partial charge in [-0.1, -0.05) is 0 Å². The van der Waals surface area contributed by atoms with Crippen molar-refractivity contribution >= 4 is 5.97 Å². The smallest absolute Gasteiger partial charge is 0.337 e. The Bertz CT molecular complexity index is 614. The van der Waals surface area contributed by atoms with E-state index < -0.39 is 5.97 Å². The summed E-state index contributed by atoms with van der Waals surface area (Å²) in [6, 6.07) is 2.49. The highest BCUT2D eigenvalue weighted by atomic mass is 16.4. The van der Waals surface area contributed by atoms with Gasteiger partial charge in [0.05, 0.1) is 12.1 Å². The Balaban J connectivity index is 2.35. The van der Waals surface area contributed by atoms with Crippen molar-refractivity contribution in [3.05, 3.63) is 46.4 Å². The van der Waals surface area contributed by atoms with Crippen molar-refractivity contribution in [3.8, 4) is 0 Å². The molecule has 2 rings (SSSR count). The molecular weight excluding hydrogens is 224 g/mol. The third-order valence-electron chi connectivity index (χ3n) is 2.19. The van der Waals surface area contributed by atoms with Gasteiger partial charge in [-0.25, -0.2) is 9.78 Å². The lowest BCUT2D eigenvalue weighted by Crippen LogP contribution is -2.21. The maximum atomic E-state index is 11.5. The van der Waals surface area contributed by atoms with Crippen LogP contribution in [0.1, 0.15) is 16.2 Å². The zero-order valence-corrected chi connectivity index (χ0v) is 9.07. The summed E-state index contributed by atoms with van der Waals surface area (Å²) in [7, 11) is 1.72. The van der Waals surface area contributed by atoms with Gasteiger partial charge in [0.15, 0.2) is 5.82 Å². The van der Waals surface area contributed by atoms with Crippen molar-refractivity contribution in [2.24, 2.45) is 7.05 Å². The number of aromatic carboxylic acids is 1. The number of nitrogens with zero attached hydrogens (tertiary/aromatic N) is 4. The molecule has 0 fully saturated rings. The van der Waals surface area contributed by atoms with Crippen molar-refractivity contribution in [2.75, 3.05) is 0 Å². The van der Waals surface area contributed by atoms with Crippen LogP contribution in [0.5, 0.6) is 0 Å². The highest BCUT2D eigenvalue weighted by Gasteiger charge is 2.07. The van der Waals surface area contributed by atoms with Crippen LogP contribution in [0.4, 0.5) is 0 Å². The minimum Gasteiger partial charge on any atom is -0.478 e. The van der Waals surface area contributed by atoms with E-state index >= 15 is 0 Å². The molecular formula is C10H10N4O3. The van der Waals surface area contributed by atoms with Crippen LogP contribution < -0.4 is 5.56 Å². The SMILES string of the molecule is Cn1cnc(Cn2cc(C(=O)O)ccc2=O)n1.